The summed E-state index contributed by atoms with van der Waals surface area (Å²) in [6, 6.07) is 19.9. The number of rotatable bonds is 5. The van der Waals surface area contributed by atoms with Gasteiger partial charge in [0.25, 0.3) is 11.8 Å². The third kappa shape index (κ3) is 3.98. The van der Waals surface area contributed by atoms with Gasteiger partial charge in [0.2, 0.25) is 5.82 Å². The molecule has 29 heavy (non-hydrogen) atoms. The van der Waals surface area contributed by atoms with Crippen molar-refractivity contribution >= 4 is 11.6 Å². The monoisotopic (exact) mass is 389 g/mol. The van der Waals surface area contributed by atoms with E-state index in [2.05, 4.69) is 15.5 Å². The largest absolute Gasteiger partial charge is 0.495 e. The standard InChI is InChI=1S/C22H16FN3O3/c1-28-19-8-3-2-7-18(19)24-21(27)14-9-11-15(12-10-14)22-25-20(26-29-22)16-5-4-6-17(23)13-16/h2-13H,1H3,(H,24,27). The van der Waals surface area contributed by atoms with Crippen LogP contribution in [-0.2, 0) is 0 Å². The predicted molar refractivity (Wildman–Crippen MR) is 106 cm³/mol. The predicted octanol–water partition coefficient (Wildman–Crippen LogP) is 4.80. The molecule has 0 aliphatic carbocycles. The third-order valence-corrected chi connectivity index (χ3v) is 4.26. The van der Waals surface area contributed by atoms with Gasteiger partial charge in [-0.15, -0.1) is 0 Å². The molecule has 0 saturated heterocycles. The van der Waals surface area contributed by atoms with Gasteiger partial charge in [-0.3, -0.25) is 4.79 Å². The summed E-state index contributed by atoms with van der Waals surface area (Å²) in [5, 5.41) is 6.71. The molecule has 0 bridgehead atoms. The van der Waals surface area contributed by atoms with Crippen LogP contribution in [-0.4, -0.2) is 23.2 Å². The zero-order valence-electron chi connectivity index (χ0n) is 15.4. The average Bonchev–Trinajstić information content (AvgIpc) is 3.24. The molecule has 0 spiro atoms. The van der Waals surface area contributed by atoms with Crippen LogP contribution in [0.15, 0.2) is 77.3 Å². The molecule has 1 N–H and O–H groups in total. The van der Waals surface area contributed by atoms with Crippen LogP contribution in [0.25, 0.3) is 22.8 Å². The molecule has 0 fully saturated rings. The van der Waals surface area contributed by atoms with E-state index in [0.29, 0.717) is 28.1 Å². The van der Waals surface area contributed by atoms with Crippen LogP contribution in [0.4, 0.5) is 10.1 Å². The Balaban J connectivity index is 1.51. The van der Waals surface area contributed by atoms with Gasteiger partial charge in [0.1, 0.15) is 11.6 Å². The minimum atomic E-state index is -0.376. The third-order valence-electron chi connectivity index (χ3n) is 4.26. The molecule has 0 atom stereocenters. The lowest BCUT2D eigenvalue weighted by Gasteiger charge is -2.09. The molecule has 6 nitrogen and oxygen atoms in total. The van der Waals surface area contributed by atoms with Crippen LogP contribution < -0.4 is 10.1 Å². The first-order chi connectivity index (χ1) is 14.1. The number of aromatic nitrogens is 2. The first-order valence-corrected chi connectivity index (χ1v) is 8.78. The van der Waals surface area contributed by atoms with Gasteiger partial charge in [0.15, 0.2) is 0 Å². The molecule has 7 heteroatoms. The Kier molecular flexibility index (Phi) is 5.03. The van der Waals surface area contributed by atoms with E-state index in [-0.39, 0.29) is 23.4 Å². The Morgan fingerprint density at radius 2 is 1.79 bits per heavy atom. The quantitative estimate of drug-likeness (QED) is 0.530. The van der Waals surface area contributed by atoms with Crippen molar-refractivity contribution in [3.8, 4) is 28.6 Å². The number of hydrogen-bond acceptors (Lipinski definition) is 5. The second-order valence-electron chi connectivity index (χ2n) is 6.17. The van der Waals surface area contributed by atoms with E-state index < -0.39 is 0 Å². The van der Waals surface area contributed by atoms with Crippen molar-refractivity contribution in [3.63, 3.8) is 0 Å². The van der Waals surface area contributed by atoms with Gasteiger partial charge in [-0.2, -0.15) is 4.98 Å². The van der Waals surface area contributed by atoms with Gasteiger partial charge in [0, 0.05) is 16.7 Å². The molecule has 1 heterocycles. The number of nitrogens with one attached hydrogen (secondary N) is 1. The molecule has 3 aromatic carbocycles. The van der Waals surface area contributed by atoms with E-state index >= 15 is 0 Å². The van der Waals surface area contributed by atoms with Crippen molar-refractivity contribution < 1.29 is 18.4 Å². The van der Waals surface area contributed by atoms with Crippen molar-refractivity contribution in [2.45, 2.75) is 0 Å². The minimum absolute atomic E-state index is 0.271. The fraction of sp³-hybridized carbons (Fsp3) is 0.0455. The van der Waals surface area contributed by atoms with Gasteiger partial charge >= 0.3 is 0 Å². The van der Waals surface area contributed by atoms with E-state index in [9.17, 15) is 9.18 Å². The Bertz CT molecular complexity index is 1160. The SMILES string of the molecule is COc1ccccc1NC(=O)c1ccc(-c2nc(-c3cccc(F)c3)no2)cc1. The number of carbonyl (C=O) groups is 1. The Hall–Kier alpha value is -4.00. The number of para-hydroxylation sites is 2. The van der Waals surface area contributed by atoms with Gasteiger partial charge < -0.3 is 14.6 Å². The molecule has 0 aliphatic rings. The summed E-state index contributed by atoms with van der Waals surface area (Å²) >= 11 is 0. The first kappa shape index (κ1) is 18.4. The molecular formula is C22H16FN3O3. The lowest BCUT2D eigenvalue weighted by Crippen LogP contribution is -2.12. The van der Waals surface area contributed by atoms with Crippen LogP contribution in [0.2, 0.25) is 0 Å². The molecule has 0 unspecified atom stereocenters. The van der Waals surface area contributed by atoms with Gasteiger partial charge in [-0.25, -0.2) is 4.39 Å². The molecule has 0 saturated carbocycles. The summed E-state index contributed by atoms with van der Waals surface area (Å²) in [7, 11) is 1.54. The zero-order chi connectivity index (χ0) is 20.2. The highest BCUT2D eigenvalue weighted by atomic mass is 19.1. The molecule has 144 valence electrons. The fourth-order valence-electron chi connectivity index (χ4n) is 2.79. The van der Waals surface area contributed by atoms with E-state index in [1.165, 1.54) is 12.1 Å². The first-order valence-electron chi connectivity index (χ1n) is 8.78. The number of ether oxygens (including phenoxy) is 1. The highest BCUT2D eigenvalue weighted by Crippen LogP contribution is 2.25. The Morgan fingerprint density at radius 1 is 1.00 bits per heavy atom. The summed E-state index contributed by atoms with van der Waals surface area (Å²) < 4.78 is 23.9. The number of nitrogens with zero attached hydrogens (tertiary/aromatic N) is 2. The summed E-state index contributed by atoms with van der Waals surface area (Å²) in [6.45, 7) is 0. The molecule has 1 amide bonds. The number of amides is 1. The van der Waals surface area contributed by atoms with Crippen molar-refractivity contribution in [2.75, 3.05) is 12.4 Å². The fourth-order valence-corrected chi connectivity index (χ4v) is 2.79. The van der Waals surface area contributed by atoms with E-state index in [0.717, 1.165) is 0 Å². The highest BCUT2D eigenvalue weighted by molar-refractivity contribution is 6.05. The smallest absolute Gasteiger partial charge is 0.258 e. The van der Waals surface area contributed by atoms with E-state index in [1.807, 2.05) is 12.1 Å². The van der Waals surface area contributed by atoms with Crippen LogP contribution in [0.5, 0.6) is 5.75 Å². The van der Waals surface area contributed by atoms with Crippen molar-refractivity contribution in [3.05, 3.63) is 84.2 Å². The van der Waals surface area contributed by atoms with Crippen LogP contribution in [0.3, 0.4) is 0 Å². The summed E-state index contributed by atoms with van der Waals surface area (Å²) in [6.07, 6.45) is 0. The Morgan fingerprint density at radius 3 is 2.55 bits per heavy atom. The van der Waals surface area contributed by atoms with E-state index in [1.54, 1.807) is 55.6 Å². The summed E-state index contributed by atoms with van der Waals surface area (Å²) in [5.74, 6) is 0.498. The maximum Gasteiger partial charge on any atom is 0.258 e. The molecule has 0 aliphatic heterocycles. The van der Waals surface area contributed by atoms with Crippen LogP contribution >= 0.6 is 0 Å². The second-order valence-corrected chi connectivity index (χ2v) is 6.17. The highest BCUT2D eigenvalue weighted by Gasteiger charge is 2.13. The topological polar surface area (TPSA) is 77.2 Å². The number of hydrogen-bond donors (Lipinski definition) is 1. The van der Waals surface area contributed by atoms with Gasteiger partial charge in [0.05, 0.1) is 12.8 Å². The maximum absolute atomic E-state index is 13.4. The van der Waals surface area contributed by atoms with Crippen molar-refractivity contribution in [1.82, 2.24) is 10.1 Å². The zero-order valence-corrected chi connectivity index (χ0v) is 15.4. The van der Waals surface area contributed by atoms with Gasteiger partial charge in [-0.05, 0) is 48.5 Å². The summed E-state index contributed by atoms with van der Waals surface area (Å²) in [5.41, 5.74) is 2.21. The molecule has 4 aromatic rings. The maximum atomic E-state index is 13.4. The van der Waals surface area contributed by atoms with E-state index in [4.69, 9.17) is 9.26 Å². The summed E-state index contributed by atoms with van der Waals surface area (Å²) in [4.78, 5) is 16.8. The number of benzene rings is 3. The number of anilines is 1. The number of methoxy groups -OCH3 is 1. The lowest BCUT2D eigenvalue weighted by atomic mass is 10.1. The number of carbonyl (C=O) groups excluding carboxylic acids is 1. The molecule has 0 radical (unpaired) electrons. The normalized spacial score (nSPS) is 10.6. The average molecular weight is 389 g/mol. The molecule has 4 rings (SSSR count). The lowest BCUT2D eigenvalue weighted by molar-refractivity contribution is 0.102. The van der Waals surface area contributed by atoms with Crippen molar-refractivity contribution in [1.29, 1.82) is 0 Å². The Labute approximate surface area is 166 Å². The minimum Gasteiger partial charge on any atom is -0.495 e. The van der Waals surface area contributed by atoms with Gasteiger partial charge in [-0.1, -0.05) is 29.4 Å². The molecule has 1 aromatic heterocycles. The second kappa shape index (κ2) is 7.93. The molecular weight excluding hydrogens is 373 g/mol. The van der Waals surface area contributed by atoms with Crippen LogP contribution in [0, 0.1) is 5.82 Å². The number of halogens is 1. The van der Waals surface area contributed by atoms with Crippen molar-refractivity contribution in [2.24, 2.45) is 0 Å². The van der Waals surface area contributed by atoms with Crippen LogP contribution in [0.1, 0.15) is 10.4 Å².